The molecule has 1 atom stereocenters. The predicted octanol–water partition coefficient (Wildman–Crippen LogP) is 2.66. The lowest BCUT2D eigenvalue weighted by Gasteiger charge is -2.21. The molecule has 150 valence electrons. The van der Waals surface area contributed by atoms with E-state index in [0.29, 0.717) is 6.54 Å². The van der Waals surface area contributed by atoms with Gasteiger partial charge in [-0.3, -0.25) is 14.5 Å². The molecule has 1 aliphatic heterocycles. The molecule has 2 aromatic rings. The molecule has 1 heterocycles. The highest BCUT2D eigenvalue weighted by Gasteiger charge is 2.56. The Balaban J connectivity index is 1.42. The van der Waals surface area contributed by atoms with Gasteiger partial charge in [0.25, 0.3) is 5.91 Å². The highest BCUT2D eigenvalue weighted by molar-refractivity contribution is 6.09. The zero-order valence-corrected chi connectivity index (χ0v) is 16.4. The van der Waals surface area contributed by atoms with Crippen LogP contribution in [0.15, 0.2) is 60.7 Å². The first-order valence-corrected chi connectivity index (χ1v) is 10.00. The van der Waals surface area contributed by atoms with Crippen molar-refractivity contribution in [1.82, 2.24) is 15.5 Å². The van der Waals surface area contributed by atoms with Crippen LogP contribution in [0.3, 0.4) is 0 Å². The van der Waals surface area contributed by atoms with E-state index in [9.17, 15) is 14.4 Å². The van der Waals surface area contributed by atoms with E-state index in [2.05, 4.69) is 10.6 Å². The van der Waals surface area contributed by atoms with Gasteiger partial charge in [0, 0.05) is 12.5 Å². The summed E-state index contributed by atoms with van der Waals surface area (Å²) in [5.41, 5.74) is 1.32. The minimum Gasteiger partial charge on any atom is -0.354 e. The number of nitrogens with zero attached hydrogens (tertiary/aromatic N) is 1. The molecule has 1 unspecified atom stereocenters. The van der Waals surface area contributed by atoms with Gasteiger partial charge in [-0.05, 0) is 36.8 Å². The molecule has 1 aliphatic carbocycles. The molecule has 2 aromatic carbocycles. The smallest absolute Gasteiger partial charge is 0.325 e. The van der Waals surface area contributed by atoms with Gasteiger partial charge in [-0.15, -0.1) is 0 Å². The lowest BCUT2D eigenvalue weighted by atomic mass is 9.91. The first-order chi connectivity index (χ1) is 14.0. The normalized spacial score (nSPS) is 21.4. The summed E-state index contributed by atoms with van der Waals surface area (Å²) < 4.78 is 0. The van der Waals surface area contributed by atoms with Crippen molar-refractivity contribution in [3.8, 4) is 0 Å². The van der Waals surface area contributed by atoms with Crippen molar-refractivity contribution < 1.29 is 14.4 Å². The van der Waals surface area contributed by atoms with E-state index in [-0.39, 0.29) is 30.2 Å². The topological polar surface area (TPSA) is 78.5 Å². The van der Waals surface area contributed by atoms with Gasteiger partial charge in [-0.1, -0.05) is 60.7 Å². The average molecular weight is 391 g/mol. The molecule has 1 saturated carbocycles. The molecule has 2 aliphatic rings. The van der Waals surface area contributed by atoms with E-state index in [1.807, 2.05) is 60.7 Å². The van der Waals surface area contributed by atoms with Crippen LogP contribution in [0.25, 0.3) is 0 Å². The van der Waals surface area contributed by atoms with Crippen molar-refractivity contribution in [2.24, 2.45) is 5.92 Å². The predicted molar refractivity (Wildman–Crippen MR) is 109 cm³/mol. The fourth-order valence-electron chi connectivity index (χ4n) is 4.01. The van der Waals surface area contributed by atoms with Gasteiger partial charge >= 0.3 is 6.03 Å². The van der Waals surface area contributed by atoms with Gasteiger partial charge < -0.3 is 10.6 Å². The molecule has 4 rings (SSSR count). The molecule has 0 radical (unpaired) electrons. The zero-order chi connectivity index (χ0) is 20.4. The van der Waals surface area contributed by atoms with E-state index in [1.54, 1.807) is 6.92 Å². The number of urea groups is 1. The van der Waals surface area contributed by atoms with Crippen molar-refractivity contribution in [1.29, 1.82) is 0 Å². The number of carbonyl (C=O) groups excluding carboxylic acids is 3. The standard InChI is InChI=1S/C23H25N3O3/c1-23(18-12-13-18)21(28)26(22(29)25-23)15-20(27)24-14-19(16-8-4-2-5-9-16)17-10-6-3-7-11-17/h2-11,18-19H,12-15H2,1H3,(H,24,27)(H,25,29). The number of rotatable bonds is 7. The fourth-order valence-corrected chi connectivity index (χ4v) is 4.01. The second-order valence-corrected chi connectivity index (χ2v) is 7.98. The molecule has 1 saturated heterocycles. The lowest BCUT2D eigenvalue weighted by molar-refractivity contribution is -0.135. The van der Waals surface area contributed by atoms with Gasteiger partial charge in [0.1, 0.15) is 12.1 Å². The Labute approximate surface area is 170 Å². The average Bonchev–Trinajstić information content (AvgIpc) is 3.56. The monoisotopic (exact) mass is 391 g/mol. The summed E-state index contributed by atoms with van der Waals surface area (Å²) in [7, 11) is 0. The highest BCUT2D eigenvalue weighted by atomic mass is 16.2. The SMILES string of the molecule is CC1(C2CC2)NC(=O)N(CC(=O)NCC(c2ccccc2)c2ccccc2)C1=O. The van der Waals surface area contributed by atoms with Crippen molar-refractivity contribution in [3.63, 3.8) is 0 Å². The quantitative estimate of drug-likeness (QED) is 0.713. The van der Waals surface area contributed by atoms with Crippen molar-refractivity contribution in [2.45, 2.75) is 31.2 Å². The summed E-state index contributed by atoms with van der Waals surface area (Å²) in [5, 5.41) is 5.68. The highest BCUT2D eigenvalue weighted by Crippen LogP contribution is 2.42. The second-order valence-electron chi connectivity index (χ2n) is 7.98. The van der Waals surface area contributed by atoms with Crippen LogP contribution in [-0.2, 0) is 9.59 Å². The lowest BCUT2D eigenvalue weighted by Crippen LogP contribution is -2.47. The molecule has 4 amide bonds. The molecule has 0 bridgehead atoms. The van der Waals surface area contributed by atoms with Crippen LogP contribution >= 0.6 is 0 Å². The van der Waals surface area contributed by atoms with E-state index in [4.69, 9.17) is 0 Å². The molecular weight excluding hydrogens is 366 g/mol. The molecular formula is C23H25N3O3. The summed E-state index contributed by atoms with van der Waals surface area (Å²) in [6.45, 7) is 1.88. The summed E-state index contributed by atoms with van der Waals surface area (Å²) >= 11 is 0. The van der Waals surface area contributed by atoms with E-state index >= 15 is 0 Å². The maximum Gasteiger partial charge on any atom is 0.325 e. The van der Waals surface area contributed by atoms with Gasteiger partial charge in [-0.25, -0.2) is 4.79 Å². The van der Waals surface area contributed by atoms with Crippen molar-refractivity contribution >= 4 is 17.8 Å². The van der Waals surface area contributed by atoms with E-state index < -0.39 is 11.6 Å². The Hall–Kier alpha value is -3.15. The molecule has 6 heteroatoms. The number of nitrogens with one attached hydrogen (secondary N) is 2. The Morgan fingerprint density at radius 2 is 1.62 bits per heavy atom. The molecule has 2 N–H and O–H groups in total. The molecule has 0 spiro atoms. The Bertz CT molecular complexity index is 872. The third-order valence-electron chi connectivity index (χ3n) is 5.90. The number of amides is 4. The fraction of sp³-hybridized carbons (Fsp3) is 0.348. The Kier molecular flexibility index (Phi) is 5.09. The van der Waals surface area contributed by atoms with Crippen LogP contribution < -0.4 is 10.6 Å². The molecule has 6 nitrogen and oxygen atoms in total. The third kappa shape index (κ3) is 3.88. The Morgan fingerprint density at radius 3 is 2.14 bits per heavy atom. The summed E-state index contributed by atoms with van der Waals surface area (Å²) in [6.07, 6.45) is 1.86. The first kappa shape index (κ1) is 19.2. The second kappa shape index (κ2) is 7.70. The van der Waals surface area contributed by atoms with Gasteiger partial charge in [-0.2, -0.15) is 0 Å². The third-order valence-corrected chi connectivity index (χ3v) is 5.90. The van der Waals surface area contributed by atoms with Gasteiger partial charge in [0.05, 0.1) is 0 Å². The number of hydrogen-bond acceptors (Lipinski definition) is 3. The summed E-state index contributed by atoms with van der Waals surface area (Å²) in [6, 6.07) is 19.4. The van der Waals surface area contributed by atoms with Crippen LogP contribution in [-0.4, -0.2) is 41.4 Å². The number of hydrogen-bond donors (Lipinski definition) is 2. The van der Waals surface area contributed by atoms with Crippen molar-refractivity contribution in [3.05, 3.63) is 71.8 Å². The Morgan fingerprint density at radius 1 is 1.07 bits per heavy atom. The summed E-state index contributed by atoms with van der Waals surface area (Å²) in [5.74, 6) is -0.484. The number of carbonyl (C=O) groups is 3. The van der Waals surface area contributed by atoms with Crippen LogP contribution in [0.4, 0.5) is 4.79 Å². The van der Waals surface area contributed by atoms with Crippen molar-refractivity contribution in [2.75, 3.05) is 13.1 Å². The van der Waals surface area contributed by atoms with Crippen LogP contribution in [0, 0.1) is 5.92 Å². The van der Waals surface area contributed by atoms with Crippen LogP contribution in [0.1, 0.15) is 36.8 Å². The minimum absolute atomic E-state index is 0.0128. The number of imide groups is 1. The van der Waals surface area contributed by atoms with E-state index in [0.717, 1.165) is 28.9 Å². The van der Waals surface area contributed by atoms with Gasteiger partial charge in [0.15, 0.2) is 0 Å². The zero-order valence-electron chi connectivity index (χ0n) is 16.4. The maximum atomic E-state index is 12.7. The first-order valence-electron chi connectivity index (χ1n) is 10.00. The molecule has 0 aromatic heterocycles. The maximum absolute atomic E-state index is 12.7. The number of benzene rings is 2. The largest absolute Gasteiger partial charge is 0.354 e. The van der Waals surface area contributed by atoms with E-state index in [1.165, 1.54) is 0 Å². The van der Waals surface area contributed by atoms with Crippen LogP contribution in [0.5, 0.6) is 0 Å². The molecule has 2 fully saturated rings. The van der Waals surface area contributed by atoms with Crippen LogP contribution in [0.2, 0.25) is 0 Å². The molecule has 29 heavy (non-hydrogen) atoms. The minimum atomic E-state index is -0.867. The van der Waals surface area contributed by atoms with Gasteiger partial charge in [0.2, 0.25) is 5.91 Å². The summed E-state index contributed by atoms with van der Waals surface area (Å²) in [4.78, 5) is 38.6.